The zero-order valence-corrected chi connectivity index (χ0v) is 19.4. The molecule has 0 amide bonds. The monoisotopic (exact) mass is 478 g/mol. The molecule has 0 N–H and O–H groups in total. The Balaban J connectivity index is 0.00000288. The molecule has 25 heavy (non-hydrogen) atoms. The van der Waals surface area contributed by atoms with Crippen LogP contribution >= 0.6 is 15.9 Å². The summed E-state index contributed by atoms with van der Waals surface area (Å²) in [7, 11) is 0. The van der Waals surface area contributed by atoms with Gasteiger partial charge in [0.2, 0.25) is 0 Å². The SMILES string of the molecule is CCCCCCCCCCO[C@@H]1[C@H]2OC(C)(C)O[C@H]2O[C@@H]1CBr.[Br-].[Li+]. The standard InChI is InChI=1S/C18H33BrO4.BrH.Li/c1-4-5-6-7-8-9-10-11-12-20-15-14(13-19)21-17-16(15)22-18(2,3)23-17;;/h14-17H,4-13H2,1-3H3;1H;/q;;+1/p-1/t14-,15+,16-,17-;;/m1../s1. The van der Waals surface area contributed by atoms with Crippen molar-refractivity contribution in [2.75, 3.05) is 11.9 Å². The van der Waals surface area contributed by atoms with E-state index >= 15 is 0 Å². The van der Waals surface area contributed by atoms with Gasteiger partial charge in [0.15, 0.2) is 12.1 Å². The van der Waals surface area contributed by atoms with Crippen LogP contribution in [0.4, 0.5) is 0 Å². The second-order valence-electron chi connectivity index (χ2n) is 7.11. The molecule has 2 fully saturated rings. The van der Waals surface area contributed by atoms with Gasteiger partial charge in [0.05, 0.1) is 6.10 Å². The average molecular weight is 480 g/mol. The number of halogens is 2. The molecular formula is C18H33Br2LiO4. The van der Waals surface area contributed by atoms with E-state index in [9.17, 15) is 0 Å². The van der Waals surface area contributed by atoms with Crippen molar-refractivity contribution in [1.82, 2.24) is 0 Å². The minimum Gasteiger partial charge on any atom is -1.00 e. The van der Waals surface area contributed by atoms with E-state index in [-0.39, 0.29) is 60.4 Å². The molecule has 2 rings (SSSR count). The molecule has 0 unspecified atom stereocenters. The first-order valence-electron chi connectivity index (χ1n) is 9.26. The maximum Gasteiger partial charge on any atom is 1.00 e. The van der Waals surface area contributed by atoms with Crippen molar-refractivity contribution in [3.8, 4) is 0 Å². The van der Waals surface area contributed by atoms with Gasteiger partial charge in [-0.05, 0) is 20.3 Å². The Morgan fingerprint density at radius 2 is 1.56 bits per heavy atom. The molecule has 0 saturated carbocycles. The Kier molecular flexibility index (Phi) is 14.3. The summed E-state index contributed by atoms with van der Waals surface area (Å²) in [6.07, 6.45) is 10.0. The van der Waals surface area contributed by atoms with Crippen LogP contribution in [-0.4, -0.2) is 42.3 Å². The molecule has 2 heterocycles. The molecule has 2 aliphatic heterocycles. The number of rotatable bonds is 11. The first-order valence-corrected chi connectivity index (χ1v) is 10.4. The quantitative estimate of drug-likeness (QED) is 0.212. The van der Waals surface area contributed by atoms with E-state index in [1.807, 2.05) is 13.8 Å². The summed E-state index contributed by atoms with van der Waals surface area (Å²) in [5, 5.41) is 0.745. The molecule has 7 heteroatoms. The van der Waals surface area contributed by atoms with Crippen LogP contribution in [0, 0.1) is 0 Å². The number of ether oxygens (including phenoxy) is 4. The number of hydrogen-bond donors (Lipinski definition) is 0. The Morgan fingerprint density at radius 1 is 0.960 bits per heavy atom. The fraction of sp³-hybridized carbons (Fsp3) is 1.00. The summed E-state index contributed by atoms with van der Waals surface area (Å²) >= 11 is 3.50. The molecule has 2 saturated heterocycles. The van der Waals surface area contributed by atoms with Gasteiger partial charge >= 0.3 is 18.9 Å². The van der Waals surface area contributed by atoms with Crippen LogP contribution in [0.5, 0.6) is 0 Å². The molecular weight excluding hydrogens is 447 g/mol. The third-order valence-corrected chi connectivity index (χ3v) is 5.19. The second kappa shape index (κ2) is 13.6. The molecule has 0 bridgehead atoms. The van der Waals surface area contributed by atoms with Gasteiger partial charge in [0, 0.05) is 11.9 Å². The van der Waals surface area contributed by atoms with Crippen molar-refractivity contribution in [3.63, 3.8) is 0 Å². The molecule has 0 aromatic carbocycles. The van der Waals surface area contributed by atoms with Crippen molar-refractivity contribution in [2.24, 2.45) is 0 Å². The van der Waals surface area contributed by atoms with Gasteiger partial charge in [0.25, 0.3) is 0 Å². The number of alkyl halides is 1. The topological polar surface area (TPSA) is 36.9 Å². The minimum absolute atomic E-state index is 0. The van der Waals surface area contributed by atoms with Gasteiger partial charge in [-0.25, -0.2) is 0 Å². The average Bonchev–Trinajstić information content (AvgIpc) is 2.97. The minimum atomic E-state index is -0.577. The van der Waals surface area contributed by atoms with Crippen LogP contribution in [0.15, 0.2) is 0 Å². The van der Waals surface area contributed by atoms with Crippen molar-refractivity contribution in [1.29, 1.82) is 0 Å². The van der Waals surface area contributed by atoms with Crippen molar-refractivity contribution in [2.45, 2.75) is 103 Å². The van der Waals surface area contributed by atoms with E-state index in [1.165, 1.54) is 44.9 Å². The van der Waals surface area contributed by atoms with E-state index in [0.29, 0.717) is 0 Å². The summed E-state index contributed by atoms with van der Waals surface area (Å²) < 4.78 is 23.7. The van der Waals surface area contributed by atoms with Gasteiger partial charge < -0.3 is 35.9 Å². The molecule has 4 atom stereocenters. The summed E-state index contributed by atoms with van der Waals surface area (Å²) in [5.74, 6) is -0.577. The Bertz CT molecular complexity index is 347. The van der Waals surface area contributed by atoms with Crippen LogP contribution in [0.3, 0.4) is 0 Å². The van der Waals surface area contributed by atoms with Gasteiger partial charge in [0.1, 0.15) is 12.2 Å². The predicted molar refractivity (Wildman–Crippen MR) is 94.8 cm³/mol. The molecule has 0 aromatic rings. The third-order valence-electron chi connectivity index (χ3n) is 4.55. The van der Waals surface area contributed by atoms with Crippen LogP contribution in [0.25, 0.3) is 0 Å². The van der Waals surface area contributed by atoms with Crippen LogP contribution < -0.4 is 35.8 Å². The Labute approximate surface area is 184 Å². The van der Waals surface area contributed by atoms with E-state index in [2.05, 4.69) is 22.9 Å². The van der Waals surface area contributed by atoms with Crippen LogP contribution in [-0.2, 0) is 18.9 Å². The Hall–Kier alpha value is 1.40. The first kappa shape index (κ1) is 26.4. The molecule has 0 aromatic heterocycles. The van der Waals surface area contributed by atoms with Gasteiger partial charge in [-0.15, -0.1) is 0 Å². The normalized spacial score (nSPS) is 29.8. The third kappa shape index (κ3) is 8.52. The van der Waals surface area contributed by atoms with E-state index < -0.39 is 5.79 Å². The maximum atomic E-state index is 6.10. The largest absolute Gasteiger partial charge is 1.00 e. The van der Waals surface area contributed by atoms with Crippen molar-refractivity contribution in [3.05, 3.63) is 0 Å². The number of hydrogen-bond acceptors (Lipinski definition) is 4. The molecule has 4 nitrogen and oxygen atoms in total. The fourth-order valence-corrected chi connectivity index (χ4v) is 3.85. The zero-order valence-electron chi connectivity index (χ0n) is 16.3. The molecule has 0 aliphatic carbocycles. The molecule has 2 aliphatic rings. The smallest absolute Gasteiger partial charge is 1.00 e. The molecule has 144 valence electrons. The second-order valence-corrected chi connectivity index (χ2v) is 7.76. The predicted octanol–water partition coefficient (Wildman–Crippen LogP) is -1.21. The van der Waals surface area contributed by atoms with Gasteiger partial charge in [-0.1, -0.05) is 67.8 Å². The van der Waals surface area contributed by atoms with Crippen LogP contribution in [0.1, 0.15) is 72.1 Å². The fourth-order valence-electron chi connectivity index (χ4n) is 3.33. The number of unbranched alkanes of at least 4 members (excludes halogenated alkanes) is 7. The summed E-state index contributed by atoms with van der Waals surface area (Å²) in [4.78, 5) is 0. The van der Waals surface area contributed by atoms with E-state index in [0.717, 1.165) is 18.4 Å². The Morgan fingerprint density at radius 3 is 2.16 bits per heavy atom. The van der Waals surface area contributed by atoms with E-state index in [4.69, 9.17) is 18.9 Å². The maximum absolute atomic E-state index is 6.10. The van der Waals surface area contributed by atoms with Gasteiger partial charge in [-0.2, -0.15) is 0 Å². The van der Waals surface area contributed by atoms with Crippen molar-refractivity contribution >= 4 is 15.9 Å². The van der Waals surface area contributed by atoms with Crippen molar-refractivity contribution < 1.29 is 54.8 Å². The van der Waals surface area contributed by atoms with Gasteiger partial charge in [-0.3, -0.25) is 0 Å². The molecule has 0 radical (unpaired) electrons. The number of fused-ring (bicyclic) bond motifs is 1. The van der Waals surface area contributed by atoms with E-state index in [1.54, 1.807) is 0 Å². The first-order chi connectivity index (χ1) is 11.1. The zero-order chi connectivity index (χ0) is 16.7. The summed E-state index contributed by atoms with van der Waals surface area (Å²) in [6, 6.07) is 0. The summed E-state index contributed by atoms with van der Waals surface area (Å²) in [5.41, 5.74) is 0. The van der Waals surface area contributed by atoms with Crippen LogP contribution in [0.2, 0.25) is 0 Å². The summed E-state index contributed by atoms with van der Waals surface area (Å²) in [6.45, 7) is 6.88. The molecule has 0 spiro atoms.